The molecular weight excluding hydrogens is 815 g/mol. The third-order valence-corrected chi connectivity index (χ3v) is 12.5. The molecule has 6 nitrogen and oxygen atoms in total. The molecular formula is C60H107NO5. The standard InChI is InChI=1S/C60H107NO5/c1-4-7-10-13-16-19-22-25-28-30-31-33-36-39-42-45-48-51-56(66-60(65)53-50-47-44-41-38-35-27-24-21-18-15-12-9-6-3)54-59(64)61-57(55-62)58(63)52-49-46-43-40-37-34-32-29-26-23-20-17-14-11-8-5-2/h9,12,16,18-19,21,25,28,31,33,39,42,56-58,62-63H,4-8,10-11,13-15,17,20,22-24,26-27,29-30,32,34-38,40-41,43-55H2,1-3H3,(H,61,64)/b12-9+,19-16-,21-18+,28-25-,33-31-,42-39-. The van der Waals surface area contributed by atoms with E-state index in [0.29, 0.717) is 19.3 Å². The van der Waals surface area contributed by atoms with Crippen molar-refractivity contribution in [1.29, 1.82) is 0 Å². The van der Waals surface area contributed by atoms with Gasteiger partial charge in [0.15, 0.2) is 0 Å². The number of hydrogen-bond donors (Lipinski definition) is 3. The molecule has 0 aliphatic carbocycles. The minimum Gasteiger partial charge on any atom is -0.462 e. The fraction of sp³-hybridized carbons (Fsp3) is 0.767. The summed E-state index contributed by atoms with van der Waals surface area (Å²) in [6, 6.07) is -0.724. The lowest BCUT2D eigenvalue weighted by molar-refractivity contribution is -0.151. The van der Waals surface area contributed by atoms with E-state index in [1.54, 1.807) is 0 Å². The quantitative estimate of drug-likeness (QED) is 0.0321. The number of amides is 1. The van der Waals surface area contributed by atoms with E-state index >= 15 is 0 Å². The topological polar surface area (TPSA) is 95.9 Å². The molecule has 0 heterocycles. The van der Waals surface area contributed by atoms with Gasteiger partial charge in [-0.1, -0.05) is 241 Å². The van der Waals surface area contributed by atoms with E-state index in [0.717, 1.165) is 89.9 Å². The summed E-state index contributed by atoms with van der Waals surface area (Å²) >= 11 is 0. The van der Waals surface area contributed by atoms with Gasteiger partial charge in [0.25, 0.3) is 0 Å². The molecule has 0 aromatic carbocycles. The van der Waals surface area contributed by atoms with Crippen LogP contribution < -0.4 is 5.32 Å². The van der Waals surface area contributed by atoms with Crippen molar-refractivity contribution >= 4 is 11.9 Å². The Labute approximate surface area is 409 Å². The van der Waals surface area contributed by atoms with Gasteiger partial charge >= 0.3 is 5.97 Å². The average Bonchev–Trinajstić information content (AvgIpc) is 3.31. The number of allylic oxidation sites excluding steroid dienone is 12. The first kappa shape index (κ1) is 63.3. The van der Waals surface area contributed by atoms with E-state index in [1.165, 1.54) is 135 Å². The Morgan fingerprint density at radius 2 is 0.833 bits per heavy atom. The summed E-state index contributed by atoms with van der Waals surface area (Å²) in [7, 11) is 0. The molecule has 0 aliphatic rings. The predicted octanol–water partition coefficient (Wildman–Crippen LogP) is 17.3. The highest BCUT2D eigenvalue weighted by Crippen LogP contribution is 2.17. The van der Waals surface area contributed by atoms with Crippen molar-refractivity contribution in [2.45, 2.75) is 289 Å². The third kappa shape index (κ3) is 47.8. The molecule has 0 spiro atoms. The zero-order chi connectivity index (χ0) is 48.1. The van der Waals surface area contributed by atoms with Crippen LogP contribution >= 0.6 is 0 Å². The zero-order valence-electron chi connectivity index (χ0n) is 43.6. The monoisotopic (exact) mass is 922 g/mol. The normalized spacial score (nSPS) is 13.7. The van der Waals surface area contributed by atoms with E-state index < -0.39 is 18.2 Å². The predicted molar refractivity (Wildman–Crippen MR) is 287 cm³/mol. The van der Waals surface area contributed by atoms with Crippen molar-refractivity contribution in [3.05, 3.63) is 72.9 Å². The van der Waals surface area contributed by atoms with Gasteiger partial charge in [-0.3, -0.25) is 9.59 Å². The summed E-state index contributed by atoms with van der Waals surface area (Å²) in [5.74, 6) is -0.534. The lowest BCUT2D eigenvalue weighted by Crippen LogP contribution is -2.46. The summed E-state index contributed by atoms with van der Waals surface area (Å²) in [4.78, 5) is 26.2. The minimum absolute atomic E-state index is 0.0350. The Kier molecular flexibility index (Phi) is 51.1. The fourth-order valence-electron chi connectivity index (χ4n) is 8.28. The first-order chi connectivity index (χ1) is 32.5. The van der Waals surface area contributed by atoms with Crippen LogP contribution in [0.25, 0.3) is 0 Å². The number of rotatable bonds is 50. The number of esters is 1. The first-order valence-corrected chi connectivity index (χ1v) is 28.2. The molecule has 0 aromatic rings. The van der Waals surface area contributed by atoms with E-state index in [-0.39, 0.29) is 24.9 Å². The SMILES string of the molecule is CC/C=C/C/C=C/CCCCCCCCCC(=O)OC(CCC/C=C\C/C=C\C/C=C\C/C=C\CCCCC)CC(=O)NC(CO)C(O)CCCCCCCCCCCCCCCCCC. The molecule has 0 fully saturated rings. The lowest BCUT2D eigenvalue weighted by Gasteiger charge is -2.24. The van der Waals surface area contributed by atoms with Crippen LogP contribution in [0, 0.1) is 0 Å². The first-order valence-electron chi connectivity index (χ1n) is 28.2. The highest BCUT2D eigenvalue weighted by atomic mass is 16.5. The minimum atomic E-state index is -0.807. The molecule has 0 aliphatic heterocycles. The Hall–Kier alpha value is -2.70. The van der Waals surface area contributed by atoms with Crippen LogP contribution in [0.4, 0.5) is 0 Å². The van der Waals surface area contributed by atoms with Gasteiger partial charge in [0.05, 0.1) is 25.2 Å². The van der Waals surface area contributed by atoms with Gasteiger partial charge in [-0.05, 0) is 89.9 Å². The van der Waals surface area contributed by atoms with Crippen molar-refractivity contribution in [1.82, 2.24) is 5.32 Å². The maximum Gasteiger partial charge on any atom is 0.306 e. The highest BCUT2D eigenvalue weighted by molar-refractivity contribution is 5.77. The van der Waals surface area contributed by atoms with Crippen LogP contribution in [-0.4, -0.2) is 46.9 Å². The van der Waals surface area contributed by atoms with Crippen LogP contribution in [-0.2, 0) is 14.3 Å². The second-order valence-electron chi connectivity index (χ2n) is 19.0. The Balaban J connectivity index is 4.66. The molecule has 3 atom stereocenters. The zero-order valence-corrected chi connectivity index (χ0v) is 43.6. The van der Waals surface area contributed by atoms with Gasteiger partial charge in [-0.15, -0.1) is 0 Å². The molecule has 382 valence electrons. The summed E-state index contributed by atoms with van der Waals surface area (Å²) in [6.07, 6.45) is 68.2. The number of carbonyl (C=O) groups is 2. The largest absolute Gasteiger partial charge is 0.462 e. The third-order valence-electron chi connectivity index (χ3n) is 12.5. The maximum absolute atomic E-state index is 13.3. The average molecular weight is 923 g/mol. The Morgan fingerprint density at radius 1 is 0.455 bits per heavy atom. The molecule has 66 heavy (non-hydrogen) atoms. The lowest BCUT2D eigenvalue weighted by atomic mass is 10.0. The van der Waals surface area contributed by atoms with E-state index in [2.05, 4.69) is 99.0 Å². The van der Waals surface area contributed by atoms with Crippen LogP contribution in [0.5, 0.6) is 0 Å². The number of aliphatic hydroxyl groups excluding tert-OH is 2. The number of ether oxygens (including phenoxy) is 1. The summed E-state index contributed by atoms with van der Waals surface area (Å²) in [6.45, 7) is 6.35. The second-order valence-corrected chi connectivity index (χ2v) is 19.0. The summed E-state index contributed by atoms with van der Waals surface area (Å²) in [5, 5.41) is 23.9. The van der Waals surface area contributed by atoms with Crippen LogP contribution in [0.2, 0.25) is 0 Å². The molecule has 1 amide bonds. The molecule has 0 saturated carbocycles. The van der Waals surface area contributed by atoms with Gasteiger partial charge < -0.3 is 20.3 Å². The van der Waals surface area contributed by atoms with Crippen LogP contribution in [0.15, 0.2) is 72.9 Å². The number of carbonyl (C=O) groups excluding carboxylic acids is 2. The highest BCUT2D eigenvalue weighted by Gasteiger charge is 2.24. The van der Waals surface area contributed by atoms with Gasteiger partial charge in [0, 0.05) is 6.42 Å². The van der Waals surface area contributed by atoms with E-state index in [1.807, 2.05) is 0 Å². The van der Waals surface area contributed by atoms with E-state index in [9.17, 15) is 19.8 Å². The van der Waals surface area contributed by atoms with Gasteiger partial charge in [-0.2, -0.15) is 0 Å². The fourth-order valence-corrected chi connectivity index (χ4v) is 8.28. The van der Waals surface area contributed by atoms with Gasteiger partial charge in [0.2, 0.25) is 5.91 Å². The molecule has 0 radical (unpaired) electrons. The molecule has 0 aromatic heterocycles. The molecule has 0 rings (SSSR count). The van der Waals surface area contributed by atoms with Crippen LogP contribution in [0.1, 0.15) is 271 Å². The number of hydrogen-bond acceptors (Lipinski definition) is 5. The molecule has 0 bridgehead atoms. The molecule has 3 N–H and O–H groups in total. The molecule has 6 heteroatoms. The Bertz CT molecular complexity index is 1220. The number of nitrogens with one attached hydrogen (secondary N) is 1. The van der Waals surface area contributed by atoms with Crippen molar-refractivity contribution in [3.63, 3.8) is 0 Å². The van der Waals surface area contributed by atoms with E-state index in [4.69, 9.17) is 4.74 Å². The van der Waals surface area contributed by atoms with Crippen molar-refractivity contribution in [3.8, 4) is 0 Å². The van der Waals surface area contributed by atoms with Gasteiger partial charge in [0.1, 0.15) is 6.10 Å². The van der Waals surface area contributed by atoms with Crippen molar-refractivity contribution in [2.75, 3.05) is 6.61 Å². The summed E-state index contributed by atoms with van der Waals surface area (Å²) in [5.41, 5.74) is 0. The van der Waals surface area contributed by atoms with Gasteiger partial charge in [-0.25, -0.2) is 0 Å². The second kappa shape index (κ2) is 53.3. The Morgan fingerprint density at radius 3 is 1.30 bits per heavy atom. The molecule has 3 unspecified atom stereocenters. The van der Waals surface area contributed by atoms with Crippen molar-refractivity contribution in [2.24, 2.45) is 0 Å². The number of unbranched alkanes of at least 4 members (excludes halogenated alkanes) is 26. The smallest absolute Gasteiger partial charge is 0.306 e. The molecule has 0 saturated heterocycles. The number of aliphatic hydroxyl groups is 2. The van der Waals surface area contributed by atoms with Crippen LogP contribution in [0.3, 0.4) is 0 Å². The van der Waals surface area contributed by atoms with Crippen molar-refractivity contribution < 1.29 is 24.5 Å². The summed E-state index contributed by atoms with van der Waals surface area (Å²) < 4.78 is 5.92. The maximum atomic E-state index is 13.3.